The number of carboxylic acids is 1. The van der Waals surface area contributed by atoms with Crippen molar-refractivity contribution in [3.8, 4) is 5.69 Å². The molecule has 0 aliphatic carbocycles. The zero-order valence-corrected chi connectivity index (χ0v) is 15.3. The lowest BCUT2D eigenvalue weighted by Crippen LogP contribution is -2.37. The van der Waals surface area contributed by atoms with Crippen molar-refractivity contribution in [1.29, 1.82) is 0 Å². The fourth-order valence-electron chi connectivity index (χ4n) is 2.53. The van der Waals surface area contributed by atoms with E-state index in [1.807, 2.05) is 42.7 Å². The van der Waals surface area contributed by atoms with E-state index in [1.165, 1.54) is 7.11 Å². The first-order valence-corrected chi connectivity index (χ1v) is 8.13. The second kappa shape index (κ2) is 7.63. The first-order chi connectivity index (χ1) is 11.3. The van der Waals surface area contributed by atoms with E-state index in [-0.39, 0.29) is 12.5 Å². The van der Waals surface area contributed by atoms with E-state index in [0.717, 1.165) is 21.5 Å². The molecule has 0 spiro atoms. The third-order valence-corrected chi connectivity index (χ3v) is 4.30. The molecule has 2 aromatic rings. The van der Waals surface area contributed by atoms with Gasteiger partial charge in [-0.1, -0.05) is 15.9 Å². The molecular formula is C17H19BrN2O4. The Bertz CT molecular complexity index is 753. The maximum absolute atomic E-state index is 12.4. The number of rotatable bonds is 6. The molecule has 24 heavy (non-hydrogen) atoms. The number of hydrogen-bond donors (Lipinski definition) is 2. The number of carbonyl (C=O) groups is 2. The van der Waals surface area contributed by atoms with Crippen LogP contribution < -0.4 is 5.32 Å². The zero-order chi connectivity index (χ0) is 17.9. The number of methoxy groups -OCH3 is 1. The summed E-state index contributed by atoms with van der Waals surface area (Å²) >= 11 is 3.40. The number of carbonyl (C=O) groups excluding carboxylic acids is 1. The van der Waals surface area contributed by atoms with Crippen LogP contribution in [0.25, 0.3) is 5.69 Å². The maximum Gasteiger partial charge on any atom is 0.334 e. The van der Waals surface area contributed by atoms with Crippen molar-refractivity contribution < 1.29 is 19.4 Å². The van der Waals surface area contributed by atoms with Crippen LogP contribution in [0, 0.1) is 13.8 Å². The van der Waals surface area contributed by atoms with E-state index >= 15 is 0 Å². The molecule has 2 N–H and O–H groups in total. The molecule has 0 saturated heterocycles. The Balaban J connectivity index is 2.23. The summed E-state index contributed by atoms with van der Waals surface area (Å²) in [5.41, 5.74) is 3.17. The number of aliphatic carboxylic acids is 1. The minimum Gasteiger partial charge on any atom is -0.479 e. The van der Waals surface area contributed by atoms with Crippen molar-refractivity contribution in [3.63, 3.8) is 0 Å². The summed E-state index contributed by atoms with van der Waals surface area (Å²) in [7, 11) is 1.30. The number of nitrogens with zero attached hydrogens (tertiary/aromatic N) is 1. The van der Waals surface area contributed by atoms with Crippen LogP contribution in [0.5, 0.6) is 0 Å². The molecule has 0 aliphatic rings. The minimum atomic E-state index is -1.11. The Kier molecular flexibility index (Phi) is 5.80. The highest BCUT2D eigenvalue weighted by atomic mass is 79.9. The fourth-order valence-corrected chi connectivity index (χ4v) is 2.80. The monoisotopic (exact) mass is 394 g/mol. The molecule has 2 rings (SSSR count). The van der Waals surface area contributed by atoms with Crippen LogP contribution in [0.1, 0.15) is 21.7 Å². The molecule has 1 heterocycles. The third kappa shape index (κ3) is 3.85. The zero-order valence-electron chi connectivity index (χ0n) is 13.7. The van der Waals surface area contributed by atoms with Gasteiger partial charge in [0, 0.05) is 28.7 Å². The Morgan fingerprint density at radius 1 is 1.29 bits per heavy atom. The van der Waals surface area contributed by atoms with Gasteiger partial charge in [-0.25, -0.2) is 4.79 Å². The highest BCUT2D eigenvalue weighted by molar-refractivity contribution is 9.10. The molecule has 6 nitrogen and oxygen atoms in total. The Morgan fingerprint density at radius 2 is 1.92 bits per heavy atom. The second-order valence-corrected chi connectivity index (χ2v) is 6.28. The molecule has 128 valence electrons. The number of hydrogen-bond acceptors (Lipinski definition) is 3. The van der Waals surface area contributed by atoms with Gasteiger partial charge in [0.1, 0.15) is 0 Å². The molecule has 0 radical (unpaired) electrons. The van der Waals surface area contributed by atoms with Crippen molar-refractivity contribution in [1.82, 2.24) is 9.88 Å². The van der Waals surface area contributed by atoms with E-state index in [2.05, 4.69) is 21.2 Å². The first-order valence-electron chi connectivity index (χ1n) is 7.33. The van der Waals surface area contributed by atoms with E-state index in [4.69, 9.17) is 9.84 Å². The Hall–Kier alpha value is -2.12. The second-order valence-electron chi connectivity index (χ2n) is 5.37. The summed E-state index contributed by atoms with van der Waals surface area (Å²) < 4.78 is 7.77. The van der Waals surface area contributed by atoms with Crippen molar-refractivity contribution >= 4 is 27.8 Å². The van der Waals surface area contributed by atoms with Gasteiger partial charge in [0.2, 0.25) is 0 Å². The summed E-state index contributed by atoms with van der Waals surface area (Å²) in [6, 6.07) is 9.57. The first kappa shape index (κ1) is 18.2. The summed E-state index contributed by atoms with van der Waals surface area (Å²) in [4.78, 5) is 23.3. The largest absolute Gasteiger partial charge is 0.479 e. The standard InChI is InChI=1S/C17H19BrN2O4/c1-10-8-14(16(21)19-9-15(24-3)17(22)23)11(2)20(10)13-6-4-12(18)5-7-13/h4-8,15H,9H2,1-3H3,(H,19,21)(H,22,23). The molecule has 1 unspecified atom stereocenters. The van der Waals surface area contributed by atoms with Gasteiger partial charge >= 0.3 is 5.97 Å². The highest BCUT2D eigenvalue weighted by Gasteiger charge is 2.20. The lowest BCUT2D eigenvalue weighted by Gasteiger charge is -2.12. The number of aromatic nitrogens is 1. The summed E-state index contributed by atoms with van der Waals surface area (Å²) in [6.07, 6.45) is -1.07. The number of ether oxygens (including phenoxy) is 1. The van der Waals surface area contributed by atoms with Crippen LogP contribution in [-0.4, -0.2) is 41.3 Å². The lowest BCUT2D eigenvalue weighted by atomic mass is 10.2. The number of carboxylic acid groups (broad SMARTS) is 1. The molecule has 1 amide bonds. The molecule has 0 saturated carbocycles. The maximum atomic E-state index is 12.4. The van der Waals surface area contributed by atoms with Crippen molar-refractivity contribution in [3.05, 3.63) is 51.8 Å². The quantitative estimate of drug-likeness (QED) is 0.788. The molecule has 1 aromatic heterocycles. The molecule has 0 fully saturated rings. The third-order valence-electron chi connectivity index (χ3n) is 3.77. The Labute approximate surface area is 148 Å². The predicted molar refractivity (Wildman–Crippen MR) is 93.7 cm³/mol. The van der Waals surface area contributed by atoms with E-state index in [9.17, 15) is 9.59 Å². The normalized spacial score (nSPS) is 12.0. The van der Waals surface area contributed by atoms with Crippen molar-refractivity contribution in [2.45, 2.75) is 20.0 Å². The van der Waals surface area contributed by atoms with E-state index < -0.39 is 12.1 Å². The average molecular weight is 395 g/mol. The highest BCUT2D eigenvalue weighted by Crippen LogP contribution is 2.22. The summed E-state index contributed by atoms with van der Waals surface area (Å²) in [5.74, 6) is -1.44. The van der Waals surface area contributed by atoms with Crippen molar-refractivity contribution in [2.75, 3.05) is 13.7 Å². The van der Waals surface area contributed by atoms with Crippen LogP contribution >= 0.6 is 15.9 Å². The summed E-state index contributed by atoms with van der Waals surface area (Å²) in [5, 5.41) is 11.6. The number of nitrogens with one attached hydrogen (secondary N) is 1. The smallest absolute Gasteiger partial charge is 0.334 e. The van der Waals surface area contributed by atoms with Gasteiger partial charge in [0.05, 0.1) is 12.1 Å². The summed E-state index contributed by atoms with van der Waals surface area (Å²) in [6.45, 7) is 3.68. The number of amides is 1. The van der Waals surface area contributed by atoms with Gasteiger partial charge in [0.25, 0.3) is 5.91 Å². The predicted octanol–water partition coefficient (Wildman–Crippen LogP) is 2.69. The molecule has 1 aromatic carbocycles. The SMILES string of the molecule is COC(CNC(=O)c1cc(C)n(-c2ccc(Br)cc2)c1C)C(=O)O. The van der Waals surface area contributed by atoms with Crippen LogP contribution in [0.15, 0.2) is 34.8 Å². The Morgan fingerprint density at radius 3 is 2.46 bits per heavy atom. The fraction of sp³-hybridized carbons (Fsp3) is 0.294. The minimum absolute atomic E-state index is 0.0907. The average Bonchev–Trinajstić information content (AvgIpc) is 2.83. The van der Waals surface area contributed by atoms with Gasteiger partial charge < -0.3 is 19.7 Å². The van der Waals surface area contributed by atoms with E-state index in [0.29, 0.717) is 5.56 Å². The molecular weight excluding hydrogens is 376 g/mol. The van der Waals surface area contributed by atoms with E-state index in [1.54, 1.807) is 6.07 Å². The van der Waals surface area contributed by atoms with Gasteiger partial charge in [-0.2, -0.15) is 0 Å². The lowest BCUT2D eigenvalue weighted by molar-refractivity contribution is -0.148. The van der Waals surface area contributed by atoms with Gasteiger partial charge in [-0.05, 0) is 44.2 Å². The number of aryl methyl sites for hydroxylation is 1. The van der Waals surface area contributed by atoms with Crippen LogP contribution in [-0.2, 0) is 9.53 Å². The topological polar surface area (TPSA) is 80.6 Å². The van der Waals surface area contributed by atoms with Gasteiger partial charge in [-0.15, -0.1) is 0 Å². The molecule has 1 atom stereocenters. The van der Waals surface area contributed by atoms with Gasteiger partial charge in [0.15, 0.2) is 6.10 Å². The molecule has 0 bridgehead atoms. The number of benzene rings is 1. The van der Waals surface area contributed by atoms with Crippen LogP contribution in [0.2, 0.25) is 0 Å². The van der Waals surface area contributed by atoms with Gasteiger partial charge in [-0.3, -0.25) is 4.79 Å². The number of halogens is 1. The molecule has 7 heteroatoms. The van der Waals surface area contributed by atoms with Crippen LogP contribution in [0.3, 0.4) is 0 Å². The van der Waals surface area contributed by atoms with Crippen LogP contribution in [0.4, 0.5) is 0 Å². The molecule has 0 aliphatic heterocycles. The van der Waals surface area contributed by atoms with Crippen molar-refractivity contribution in [2.24, 2.45) is 0 Å².